The van der Waals surface area contributed by atoms with E-state index in [1.54, 1.807) is 0 Å². The van der Waals surface area contributed by atoms with E-state index in [0.29, 0.717) is 5.92 Å². The summed E-state index contributed by atoms with van der Waals surface area (Å²) in [7, 11) is 2.11. The van der Waals surface area contributed by atoms with Crippen LogP contribution in [0.2, 0.25) is 0 Å². The van der Waals surface area contributed by atoms with Crippen molar-refractivity contribution in [3.05, 3.63) is 48.2 Å². The van der Waals surface area contributed by atoms with E-state index in [0.717, 1.165) is 0 Å². The molecule has 1 atom stereocenters. The Hall–Kier alpha value is -1.50. The predicted molar refractivity (Wildman–Crippen MR) is 66.1 cm³/mol. The van der Waals surface area contributed by atoms with Crippen molar-refractivity contribution in [1.29, 1.82) is 0 Å². The first-order chi connectivity index (χ1) is 7.24. The van der Waals surface area contributed by atoms with Gasteiger partial charge < -0.3 is 4.57 Å². The third-order valence-corrected chi connectivity index (χ3v) is 2.90. The Balaban J connectivity index is 2.61. The summed E-state index contributed by atoms with van der Waals surface area (Å²) < 4.78 is 2.20. The summed E-state index contributed by atoms with van der Waals surface area (Å²) in [5.41, 5.74) is 2.72. The second-order valence-corrected chi connectivity index (χ2v) is 4.03. The molecule has 0 aliphatic carbocycles. The minimum Gasteiger partial charge on any atom is -0.350 e. The van der Waals surface area contributed by atoms with Crippen molar-refractivity contribution in [2.45, 2.75) is 19.8 Å². The van der Waals surface area contributed by atoms with E-state index in [2.05, 4.69) is 68.1 Å². The maximum absolute atomic E-state index is 2.24. The first-order valence-electron chi connectivity index (χ1n) is 5.41. The summed E-state index contributed by atoms with van der Waals surface area (Å²) in [6, 6.07) is 8.56. The molecule has 78 valence electrons. The maximum Gasteiger partial charge on any atom is 0.0480 e. The molecule has 0 aliphatic rings. The van der Waals surface area contributed by atoms with Crippen LogP contribution in [-0.4, -0.2) is 4.57 Å². The minimum atomic E-state index is 0.487. The topological polar surface area (TPSA) is 4.93 Å². The van der Waals surface area contributed by atoms with Crippen LogP contribution in [-0.2, 0) is 7.05 Å². The summed E-state index contributed by atoms with van der Waals surface area (Å²) in [6.07, 6.45) is 6.59. The zero-order valence-electron chi connectivity index (χ0n) is 9.57. The molecule has 0 saturated carbocycles. The van der Waals surface area contributed by atoms with Gasteiger partial charge in [-0.1, -0.05) is 37.3 Å². The van der Waals surface area contributed by atoms with E-state index in [4.69, 9.17) is 0 Å². The van der Waals surface area contributed by atoms with Gasteiger partial charge in [-0.15, -0.1) is 0 Å². The molecular weight excluding hydrogens is 182 g/mol. The summed E-state index contributed by atoms with van der Waals surface area (Å²) >= 11 is 0. The van der Waals surface area contributed by atoms with Crippen molar-refractivity contribution in [1.82, 2.24) is 4.57 Å². The normalized spacial score (nSPS) is 13.8. The van der Waals surface area contributed by atoms with Gasteiger partial charge in [-0.3, -0.25) is 0 Å². The molecular formula is C14H17N. The SMILES string of the molecule is C/C=C/C(C)c1cn(C)c2ccccc12. The van der Waals surface area contributed by atoms with Crippen LogP contribution in [0.15, 0.2) is 42.6 Å². The molecule has 2 rings (SSSR count). The lowest BCUT2D eigenvalue weighted by atomic mass is 10.0. The molecule has 1 unspecified atom stereocenters. The van der Waals surface area contributed by atoms with Gasteiger partial charge in [0.25, 0.3) is 0 Å². The Morgan fingerprint density at radius 1 is 1.27 bits per heavy atom. The van der Waals surface area contributed by atoms with Gasteiger partial charge in [0.2, 0.25) is 0 Å². The van der Waals surface area contributed by atoms with Crippen molar-refractivity contribution < 1.29 is 0 Å². The summed E-state index contributed by atoms with van der Waals surface area (Å²) in [4.78, 5) is 0. The van der Waals surface area contributed by atoms with Crippen LogP contribution in [0.1, 0.15) is 25.3 Å². The number of nitrogens with zero attached hydrogens (tertiary/aromatic N) is 1. The van der Waals surface area contributed by atoms with Gasteiger partial charge >= 0.3 is 0 Å². The molecule has 0 N–H and O–H groups in total. The van der Waals surface area contributed by atoms with Crippen molar-refractivity contribution in [2.24, 2.45) is 7.05 Å². The molecule has 0 aliphatic heterocycles. The van der Waals surface area contributed by atoms with E-state index in [1.807, 2.05) is 0 Å². The van der Waals surface area contributed by atoms with Crippen LogP contribution < -0.4 is 0 Å². The fraction of sp³-hybridized carbons (Fsp3) is 0.286. The lowest BCUT2D eigenvalue weighted by Crippen LogP contribution is -1.86. The van der Waals surface area contributed by atoms with Gasteiger partial charge in [0.15, 0.2) is 0 Å². The summed E-state index contributed by atoms with van der Waals surface area (Å²) in [6.45, 7) is 4.31. The number of benzene rings is 1. The molecule has 1 heteroatoms. The molecule has 0 fully saturated rings. The minimum absolute atomic E-state index is 0.487. The molecule has 15 heavy (non-hydrogen) atoms. The van der Waals surface area contributed by atoms with Gasteiger partial charge in [0.1, 0.15) is 0 Å². The lowest BCUT2D eigenvalue weighted by Gasteiger charge is -2.03. The first-order valence-corrected chi connectivity index (χ1v) is 5.41. The zero-order chi connectivity index (χ0) is 10.8. The van der Waals surface area contributed by atoms with E-state index >= 15 is 0 Å². The van der Waals surface area contributed by atoms with E-state index in [9.17, 15) is 0 Å². The highest BCUT2D eigenvalue weighted by Gasteiger charge is 2.09. The number of fused-ring (bicyclic) bond motifs is 1. The van der Waals surface area contributed by atoms with Crippen molar-refractivity contribution in [3.63, 3.8) is 0 Å². The first kappa shape index (κ1) is 10.0. The number of hydrogen-bond donors (Lipinski definition) is 0. The molecule has 0 bridgehead atoms. The zero-order valence-corrected chi connectivity index (χ0v) is 9.57. The number of para-hydroxylation sites is 1. The summed E-state index contributed by atoms with van der Waals surface area (Å²) in [5.74, 6) is 0.487. The smallest absolute Gasteiger partial charge is 0.0480 e. The molecule has 1 heterocycles. The van der Waals surface area contributed by atoms with Crippen molar-refractivity contribution in [2.75, 3.05) is 0 Å². The molecule has 1 aromatic carbocycles. The van der Waals surface area contributed by atoms with Gasteiger partial charge in [-0.25, -0.2) is 0 Å². The van der Waals surface area contributed by atoms with Crippen molar-refractivity contribution >= 4 is 10.9 Å². The predicted octanol–water partition coefficient (Wildman–Crippen LogP) is 3.86. The average Bonchev–Trinajstić information content (AvgIpc) is 2.58. The highest BCUT2D eigenvalue weighted by molar-refractivity contribution is 5.84. The maximum atomic E-state index is 2.24. The molecule has 0 saturated heterocycles. The number of hydrogen-bond acceptors (Lipinski definition) is 0. The van der Waals surface area contributed by atoms with E-state index < -0.39 is 0 Å². The Bertz CT molecular complexity index is 491. The Labute approximate surface area is 91.0 Å². The number of allylic oxidation sites excluding steroid dienone is 2. The fourth-order valence-corrected chi connectivity index (χ4v) is 2.13. The van der Waals surface area contributed by atoms with Gasteiger partial charge in [-0.2, -0.15) is 0 Å². The number of aromatic nitrogens is 1. The Morgan fingerprint density at radius 2 is 2.00 bits per heavy atom. The number of aryl methyl sites for hydroxylation is 1. The Morgan fingerprint density at radius 3 is 2.73 bits per heavy atom. The Kier molecular flexibility index (Phi) is 2.63. The lowest BCUT2D eigenvalue weighted by molar-refractivity contribution is 0.921. The molecule has 1 nitrogen and oxygen atoms in total. The van der Waals surface area contributed by atoms with Gasteiger partial charge in [0, 0.05) is 30.1 Å². The largest absolute Gasteiger partial charge is 0.350 e. The van der Waals surface area contributed by atoms with E-state index in [-0.39, 0.29) is 0 Å². The number of rotatable bonds is 2. The van der Waals surface area contributed by atoms with Crippen LogP contribution in [0.3, 0.4) is 0 Å². The fourth-order valence-electron chi connectivity index (χ4n) is 2.13. The second-order valence-electron chi connectivity index (χ2n) is 4.03. The van der Waals surface area contributed by atoms with E-state index in [1.165, 1.54) is 16.5 Å². The third kappa shape index (κ3) is 1.70. The van der Waals surface area contributed by atoms with Crippen LogP contribution in [0, 0.1) is 0 Å². The quantitative estimate of drug-likeness (QED) is 0.647. The van der Waals surface area contributed by atoms with Gasteiger partial charge in [-0.05, 0) is 18.6 Å². The average molecular weight is 199 g/mol. The molecule has 1 aromatic heterocycles. The van der Waals surface area contributed by atoms with Crippen LogP contribution in [0.5, 0.6) is 0 Å². The van der Waals surface area contributed by atoms with Crippen LogP contribution in [0.4, 0.5) is 0 Å². The van der Waals surface area contributed by atoms with Crippen LogP contribution in [0.25, 0.3) is 10.9 Å². The monoisotopic (exact) mass is 199 g/mol. The van der Waals surface area contributed by atoms with Crippen LogP contribution >= 0.6 is 0 Å². The third-order valence-electron chi connectivity index (χ3n) is 2.90. The highest BCUT2D eigenvalue weighted by Crippen LogP contribution is 2.27. The second kappa shape index (κ2) is 3.93. The molecule has 0 spiro atoms. The van der Waals surface area contributed by atoms with Gasteiger partial charge in [0.05, 0.1) is 0 Å². The standard InChI is InChI=1S/C14H17N/c1-4-7-11(2)13-10-15(3)14-9-6-5-8-12(13)14/h4-11H,1-3H3/b7-4+. The molecule has 0 amide bonds. The summed E-state index contributed by atoms with van der Waals surface area (Å²) in [5, 5.41) is 1.37. The highest BCUT2D eigenvalue weighted by atomic mass is 14.9. The molecule has 2 aromatic rings. The van der Waals surface area contributed by atoms with Crippen molar-refractivity contribution in [3.8, 4) is 0 Å². The molecule has 0 radical (unpaired) electrons.